The average Bonchev–Trinajstić information content (AvgIpc) is 2.98. The van der Waals surface area contributed by atoms with Crippen LogP contribution in [0.2, 0.25) is 5.02 Å². The summed E-state index contributed by atoms with van der Waals surface area (Å²) in [5, 5.41) is 0.686. The van der Waals surface area contributed by atoms with Gasteiger partial charge >= 0.3 is 0 Å². The second-order valence-corrected chi connectivity index (χ2v) is 8.35. The van der Waals surface area contributed by atoms with E-state index in [0.29, 0.717) is 11.6 Å². The number of carbonyl (C=O) groups is 1. The monoisotopic (exact) mass is 456 g/mol. The Balaban J connectivity index is 1.51. The van der Waals surface area contributed by atoms with Gasteiger partial charge in [0, 0.05) is 21.0 Å². The molecule has 1 aliphatic rings. The summed E-state index contributed by atoms with van der Waals surface area (Å²) >= 11 is 11.2. The molecule has 0 spiro atoms. The van der Waals surface area contributed by atoms with E-state index in [9.17, 15) is 4.79 Å². The van der Waals surface area contributed by atoms with E-state index in [0.717, 1.165) is 36.7 Å². The molecule has 0 aromatic heterocycles. The van der Waals surface area contributed by atoms with Crippen molar-refractivity contribution in [2.24, 2.45) is 0 Å². The van der Waals surface area contributed by atoms with Crippen molar-refractivity contribution in [1.82, 2.24) is 0 Å². The molecule has 1 aliphatic heterocycles. The van der Waals surface area contributed by atoms with Gasteiger partial charge in [-0.3, -0.25) is 4.79 Å². The van der Waals surface area contributed by atoms with Gasteiger partial charge in [0.1, 0.15) is 12.4 Å². The Labute approximate surface area is 175 Å². The Kier molecular flexibility index (Phi) is 5.39. The number of halogens is 2. The second kappa shape index (κ2) is 7.93. The van der Waals surface area contributed by atoms with Crippen molar-refractivity contribution in [1.29, 1.82) is 0 Å². The predicted octanol–water partition coefficient (Wildman–Crippen LogP) is 7.01. The van der Waals surface area contributed by atoms with Gasteiger partial charge in [0.15, 0.2) is 0 Å². The molecular formula is C22H14BrClO2S. The van der Waals surface area contributed by atoms with Gasteiger partial charge in [0.05, 0.1) is 9.38 Å². The normalized spacial score (nSPS) is 14.4. The van der Waals surface area contributed by atoms with Gasteiger partial charge in [0.25, 0.3) is 0 Å². The number of hydrogen-bond acceptors (Lipinski definition) is 3. The molecule has 0 saturated heterocycles. The molecule has 0 fully saturated rings. The van der Waals surface area contributed by atoms with E-state index in [1.54, 1.807) is 0 Å². The van der Waals surface area contributed by atoms with Gasteiger partial charge < -0.3 is 4.74 Å². The fourth-order valence-electron chi connectivity index (χ4n) is 2.78. The van der Waals surface area contributed by atoms with Gasteiger partial charge in [-0.15, -0.1) is 0 Å². The Morgan fingerprint density at radius 1 is 1.04 bits per heavy atom. The summed E-state index contributed by atoms with van der Waals surface area (Å²) in [6, 6.07) is 21.1. The number of thioether (sulfide) groups is 1. The summed E-state index contributed by atoms with van der Waals surface area (Å²) in [5.74, 6) is 0.802. The van der Waals surface area contributed by atoms with Crippen molar-refractivity contribution < 1.29 is 9.53 Å². The largest absolute Gasteiger partial charge is 0.488 e. The lowest BCUT2D eigenvalue weighted by Gasteiger charge is -2.10. The molecule has 3 aromatic carbocycles. The molecule has 2 nitrogen and oxygen atoms in total. The van der Waals surface area contributed by atoms with Gasteiger partial charge in [-0.25, -0.2) is 0 Å². The smallest absolute Gasteiger partial charge is 0.200 e. The standard InChI is InChI=1S/C22H14BrClO2S/c23-17-11-14(12-21-22(25)16-6-2-4-8-20(16)27-21)9-10-19(17)26-13-15-5-1-3-7-18(15)24/h1-12H,13H2/b21-12-. The minimum Gasteiger partial charge on any atom is -0.488 e. The minimum atomic E-state index is 0.0748. The molecule has 27 heavy (non-hydrogen) atoms. The number of carbonyl (C=O) groups excluding carboxylic acids is 1. The molecule has 0 aliphatic carbocycles. The van der Waals surface area contributed by atoms with Crippen LogP contribution in [0.4, 0.5) is 0 Å². The van der Waals surface area contributed by atoms with E-state index < -0.39 is 0 Å². The summed E-state index contributed by atoms with van der Waals surface area (Å²) in [5.41, 5.74) is 2.64. The zero-order chi connectivity index (χ0) is 18.8. The van der Waals surface area contributed by atoms with Crippen LogP contribution in [0, 0.1) is 0 Å². The molecule has 4 rings (SSSR count). The lowest BCUT2D eigenvalue weighted by Crippen LogP contribution is -1.97. The maximum absolute atomic E-state index is 12.5. The number of Topliss-reactive ketones (excluding diaryl/α,β-unsaturated/α-hetero) is 1. The van der Waals surface area contributed by atoms with E-state index in [-0.39, 0.29) is 5.78 Å². The van der Waals surface area contributed by atoms with Crippen LogP contribution in [0.15, 0.2) is 81.0 Å². The lowest BCUT2D eigenvalue weighted by atomic mass is 10.1. The van der Waals surface area contributed by atoms with Crippen LogP contribution in [-0.2, 0) is 6.61 Å². The third-order valence-corrected chi connectivity index (χ3v) is 6.26. The number of fused-ring (bicyclic) bond motifs is 1. The van der Waals surface area contributed by atoms with E-state index in [1.807, 2.05) is 72.8 Å². The molecule has 0 N–H and O–H groups in total. The van der Waals surface area contributed by atoms with Crippen molar-refractivity contribution in [3.8, 4) is 5.75 Å². The molecule has 0 radical (unpaired) electrons. The first-order chi connectivity index (χ1) is 13.1. The molecule has 0 saturated carbocycles. The van der Waals surface area contributed by atoms with Gasteiger partial charge in [-0.05, 0) is 57.9 Å². The summed E-state index contributed by atoms with van der Waals surface area (Å²) in [7, 11) is 0. The molecule has 3 aromatic rings. The highest BCUT2D eigenvalue weighted by atomic mass is 79.9. The highest BCUT2D eigenvalue weighted by molar-refractivity contribution is 9.10. The van der Waals surface area contributed by atoms with Crippen LogP contribution < -0.4 is 4.74 Å². The Morgan fingerprint density at radius 3 is 2.59 bits per heavy atom. The predicted molar refractivity (Wildman–Crippen MR) is 115 cm³/mol. The number of ether oxygens (including phenoxy) is 1. The Morgan fingerprint density at radius 2 is 1.81 bits per heavy atom. The van der Waals surface area contributed by atoms with Gasteiger partial charge in [0.2, 0.25) is 5.78 Å². The minimum absolute atomic E-state index is 0.0748. The SMILES string of the molecule is O=C1/C(=C/c2ccc(OCc3ccccc3Cl)c(Br)c2)Sc2ccccc21. The topological polar surface area (TPSA) is 26.3 Å². The maximum atomic E-state index is 12.5. The molecule has 134 valence electrons. The molecule has 5 heteroatoms. The quantitative estimate of drug-likeness (QED) is 0.394. The van der Waals surface area contributed by atoms with E-state index in [1.165, 1.54) is 11.8 Å². The summed E-state index contributed by atoms with van der Waals surface area (Å²) in [4.78, 5) is 14.2. The van der Waals surface area contributed by atoms with Crippen LogP contribution in [0.25, 0.3) is 6.08 Å². The molecule has 0 unspecified atom stereocenters. The molecular weight excluding hydrogens is 444 g/mol. The van der Waals surface area contributed by atoms with Crippen molar-refractivity contribution in [2.75, 3.05) is 0 Å². The zero-order valence-electron chi connectivity index (χ0n) is 14.1. The lowest BCUT2D eigenvalue weighted by molar-refractivity contribution is 0.104. The van der Waals surface area contributed by atoms with Crippen LogP contribution in [0.1, 0.15) is 21.5 Å². The number of benzene rings is 3. The zero-order valence-corrected chi connectivity index (χ0v) is 17.3. The summed E-state index contributed by atoms with van der Waals surface area (Å²) in [6.07, 6.45) is 1.91. The summed E-state index contributed by atoms with van der Waals surface area (Å²) in [6.45, 7) is 0.391. The first-order valence-corrected chi connectivity index (χ1v) is 10.3. The van der Waals surface area contributed by atoms with E-state index >= 15 is 0 Å². The van der Waals surface area contributed by atoms with Gasteiger partial charge in [-0.2, -0.15) is 0 Å². The van der Waals surface area contributed by atoms with Crippen molar-refractivity contribution in [3.63, 3.8) is 0 Å². The highest BCUT2D eigenvalue weighted by Crippen LogP contribution is 2.41. The number of hydrogen-bond donors (Lipinski definition) is 0. The van der Waals surface area contributed by atoms with Crippen LogP contribution in [0.3, 0.4) is 0 Å². The number of allylic oxidation sites excluding steroid dienone is 1. The number of rotatable bonds is 4. The Hall–Kier alpha value is -2.01. The van der Waals surface area contributed by atoms with Crippen molar-refractivity contribution >= 4 is 51.2 Å². The molecule has 0 amide bonds. The average molecular weight is 458 g/mol. The van der Waals surface area contributed by atoms with Crippen LogP contribution in [-0.4, -0.2) is 5.78 Å². The molecule has 0 atom stereocenters. The maximum Gasteiger partial charge on any atom is 0.200 e. The number of ketones is 1. The fraction of sp³-hybridized carbons (Fsp3) is 0.0455. The Bertz CT molecular complexity index is 1060. The van der Waals surface area contributed by atoms with Gasteiger partial charge in [-0.1, -0.05) is 59.8 Å². The second-order valence-electron chi connectivity index (χ2n) is 6.01. The third-order valence-electron chi connectivity index (χ3n) is 4.17. The first kappa shape index (κ1) is 18.4. The van der Waals surface area contributed by atoms with Crippen LogP contribution >= 0.6 is 39.3 Å². The van der Waals surface area contributed by atoms with Crippen molar-refractivity contribution in [2.45, 2.75) is 11.5 Å². The highest BCUT2D eigenvalue weighted by Gasteiger charge is 2.25. The third kappa shape index (κ3) is 3.98. The van der Waals surface area contributed by atoms with E-state index in [2.05, 4.69) is 15.9 Å². The van der Waals surface area contributed by atoms with Crippen molar-refractivity contribution in [3.05, 3.63) is 97.8 Å². The van der Waals surface area contributed by atoms with E-state index in [4.69, 9.17) is 16.3 Å². The first-order valence-electron chi connectivity index (χ1n) is 8.31. The molecule has 1 heterocycles. The molecule has 0 bridgehead atoms. The fourth-order valence-corrected chi connectivity index (χ4v) is 4.54. The summed E-state index contributed by atoms with van der Waals surface area (Å²) < 4.78 is 6.71. The van der Waals surface area contributed by atoms with Crippen LogP contribution in [0.5, 0.6) is 5.75 Å².